The van der Waals surface area contributed by atoms with Crippen molar-refractivity contribution in [3.8, 4) is 0 Å². The number of hydrogen-bond acceptors (Lipinski definition) is 5. The van der Waals surface area contributed by atoms with Gasteiger partial charge in [0.15, 0.2) is 5.82 Å². The number of hydrogen-bond donors (Lipinski definition) is 1. The number of rotatable bonds is 5. The Kier molecular flexibility index (Phi) is 2.63. The summed E-state index contributed by atoms with van der Waals surface area (Å²) in [7, 11) is 0. The first-order valence-electron chi connectivity index (χ1n) is 6.41. The van der Waals surface area contributed by atoms with Gasteiger partial charge in [-0.1, -0.05) is 6.92 Å². The smallest absolute Gasteiger partial charge is 0.165 e. The maximum atomic E-state index is 10.2. The molecular formula is C11H19N5O. The van der Waals surface area contributed by atoms with Crippen LogP contribution in [-0.2, 0) is 13.1 Å². The molecule has 94 valence electrons. The minimum absolute atomic E-state index is 0.414. The van der Waals surface area contributed by atoms with Crippen molar-refractivity contribution in [2.45, 2.75) is 44.9 Å². The highest BCUT2D eigenvalue weighted by atomic mass is 16.3. The first-order valence-corrected chi connectivity index (χ1v) is 6.41. The molecule has 2 heterocycles. The van der Waals surface area contributed by atoms with Crippen LogP contribution in [0.2, 0.25) is 0 Å². The van der Waals surface area contributed by atoms with E-state index in [1.807, 2.05) is 4.68 Å². The van der Waals surface area contributed by atoms with E-state index in [0.717, 1.165) is 38.4 Å². The number of β-amino-alcohol motifs (C(OH)–C–C–N with tert-alkyl or cyclic N) is 1. The van der Waals surface area contributed by atoms with Crippen LogP contribution in [0.15, 0.2) is 0 Å². The van der Waals surface area contributed by atoms with E-state index in [0.29, 0.717) is 5.92 Å². The number of likely N-dealkylation sites (tertiary alicyclic amines) is 1. The van der Waals surface area contributed by atoms with Gasteiger partial charge >= 0.3 is 0 Å². The molecule has 1 aromatic heterocycles. The van der Waals surface area contributed by atoms with Crippen LogP contribution in [0.4, 0.5) is 0 Å². The third kappa shape index (κ3) is 2.07. The second-order valence-corrected chi connectivity index (χ2v) is 5.34. The Morgan fingerprint density at radius 2 is 2.18 bits per heavy atom. The largest absolute Gasteiger partial charge is 0.387 e. The van der Waals surface area contributed by atoms with Crippen LogP contribution in [0.25, 0.3) is 0 Å². The van der Waals surface area contributed by atoms with Crippen molar-refractivity contribution in [2.75, 3.05) is 13.1 Å². The Morgan fingerprint density at radius 1 is 1.41 bits per heavy atom. The minimum atomic E-state index is -0.414. The predicted molar refractivity (Wildman–Crippen MR) is 61.1 cm³/mol. The average Bonchev–Trinajstić information content (AvgIpc) is 3.02. The van der Waals surface area contributed by atoms with Gasteiger partial charge in [-0.2, -0.15) is 0 Å². The van der Waals surface area contributed by atoms with Gasteiger partial charge < -0.3 is 5.11 Å². The summed E-state index contributed by atoms with van der Waals surface area (Å²) >= 11 is 0. The van der Waals surface area contributed by atoms with Crippen molar-refractivity contribution in [3.05, 3.63) is 5.82 Å². The molecule has 6 heteroatoms. The molecule has 0 aromatic carbocycles. The molecule has 0 radical (unpaired) electrons. The molecule has 6 nitrogen and oxygen atoms in total. The highest BCUT2D eigenvalue weighted by Crippen LogP contribution is 2.44. The van der Waals surface area contributed by atoms with Crippen LogP contribution in [0, 0.1) is 5.92 Å². The molecular weight excluding hydrogens is 218 g/mol. The molecule has 1 saturated heterocycles. The van der Waals surface area contributed by atoms with Gasteiger partial charge in [0, 0.05) is 19.6 Å². The monoisotopic (exact) mass is 237 g/mol. The van der Waals surface area contributed by atoms with Crippen molar-refractivity contribution < 1.29 is 5.11 Å². The maximum absolute atomic E-state index is 10.2. The number of aromatic nitrogens is 4. The van der Waals surface area contributed by atoms with E-state index in [9.17, 15) is 5.11 Å². The lowest BCUT2D eigenvalue weighted by atomic mass is 9.89. The third-order valence-corrected chi connectivity index (χ3v) is 3.74. The normalized spacial score (nSPS) is 23.6. The van der Waals surface area contributed by atoms with E-state index < -0.39 is 5.60 Å². The van der Waals surface area contributed by atoms with Crippen LogP contribution in [0.5, 0.6) is 0 Å². The standard InChI is InChI=1S/C11H19N5O/c1-2-5-16-10(12-13-14-16)6-15-7-11(17,8-15)9-3-4-9/h9,17H,2-8H2,1H3. The molecule has 1 saturated carbocycles. The van der Waals surface area contributed by atoms with E-state index in [-0.39, 0.29) is 0 Å². The first kappa shape index (κ1) is 11.1. The molecule has 2 aliphatic rings. The van der Waals surface area contributed by atoms with Gasteiger partial charge in [0.25, 0.3) is 0 Å². The van der Waals surface area contributed by atoms with Crippen LogP contribution in [0.3, 0.4) is 0 Å². The summed E-state index contributed by atoms with van der Waals surface area (Å²) in [5, 5.41) is 21.9. The van der Waals surface area contributed by atoms with Crippen LogP contribution < -0.4 is 0 Å². The summed E-state index contributed by atoms with van der Waals surface area (Å²) in [5.41, 5.74) is -0.414. The zero-order chi connectivity index (χ0) is 11.9. The van der Waals surface area contributed by atoms with Crippen molar-refractivity contribution in [2.24, 2.45) is 5.92 Å². The van der Waals surface area contributed by atoms with Crippen LogP contribution in [-0.4, -0.2) is 48.9 Å². The number of tetrazole rings is 1. The molecule has 0 spiro atoms. The van der Waals surface area contributed by atoms with E-state index >= 15 is 0 Å². The maximum Gasteiger partial charge on any atom is 0.165 e. The molecule has 1 aliphatic heterocycles. The molecule has 0 amide bonds. The summed E-state index contributed by atoms with van der Waals surface area (Å²) < 4.78 is 1.86. The Morgan fingerprint density at radius 3 is 2.82 bits per heavy atom. The average molecular weight is 237 g/mol. The lowest BCUT2D eigenvalue weighted by Gasteiger charge is -2.46. The second-order valence-electron chi connectivity index (χ2n) is 5.34. The van der Waals surface area contributed by atoms with Gasteiger partial charge in [0.05, 0.1) is 12.1 Å². The quantitative estimate of drug-likeness (QED) is 0.783. The zero-order valence-electron chi connectivity index (χ0n) is 10.2. The molecule has 2 fully saturated rings. The Labute approximate surface area is 101 Å². The van der Waals surface area contributed by atoms with Gasteiger partial charge in [0.2, 0.25) is 0 Å². The summed E-state index contributed by atoms with van der Waals surface area (Å²) in [4.78, 5) is 2.22. The third-order valence-electron chi connectivity index (χ3n) is 3.74. The fourth-order valence-corrected chi connectivity index (χ4v) is 2.64. The number of aliphatic hydroxyl groups is 1. The zero-order valence-corrected chi connectivity index (χ0v) is 10.2. The molecule has 0 unspecified atom stereocenters. The van der Waals surface area contributed by atoms with Crippen molar-refractivity contribution >= 4 is 0 Å². The Balaban J connectivity index is 1.56. The topological polar surface area (TPSA) is 67.1 Å². The molecule has 3 rings (SSSR count). The van der Waals surface area contributed by atoms with Crippen molar-refractivity contribution in [1.29, 1.82) is 0 Å². The Bertz CT molecular complexity index is 394. The van der Waals surface area contributed by atoms with Gasteiger partial charge in [-0.05, 0) is 35.6 Å². The van der Waals surface area contributed by atoms with Crippen molar-refractivity contribution in [1.82, 2.24) is 25.1 Å². The first-order chi connectivity index (χ1) is 8.21. The molecule has 1 N–H and O–H groups in total. The molecule has 0 bridgehead atoms. The minimum Gasteiger partial charge on any atom is -0.387 e. The summed E-state index contributed by atoms with van der Waals surface area (Å²) in [6.45, 7) is 5.28. The van der Waals surface area contributed by atoms with Crippen molar-refractivity contribution in [3.63, 3.8) is 0 Å². The van der Waals surface area contributed by atoms with E-state index in [1.165, 1.54) is 12.8 Å². The summed E-state index contributed by atoms with van der Waals surface area (Å²) in [6.07, 6.45) is 3.42. The SMILES string of the molecule is CCCn1nnnc1CN1CC(O)(C2CC2)C1. The van der Waals surface area contributed by atoms with Gasteiger partial charge in [0.1, 0.15) is 0 Å². The number of aryl methyl sites for hydroxylation is 1. The molecule has 0 atom stereocenters. The van der Waals surface area contributed by atoms with Gasteiger partial charge in [-0.25, -0.2) is 4.68 Å². The molecule has 1 aromatic rings. The highest BCUT2D eigenvalue weighted by molar-refractivity contribution is 5.06. The van der Waals surface area contributed by atoms with Crippen LogP contribution >= 0.6 is 0 Å². The fourth-order valence-electron chi connectivity index (χ4n) is 2.64. The van der Waals surface area contributed by atoms with Crippen LogP contribution in [0.1, 0.15) is 32.0 Å². The Hall–Kier alpha value is -1.01. The van der Waals surface area contributed by atoms with E-state index in [2.05, 4.69) is 27.3 Å². The lowest BCUT2D eigenvalue weighted by Crippen LogP contribution is -2.62. The molecule has 1 aliphatic carbocycles. The summed E-state index contributed by atoms with van der Waals surface area (Å²) in [5.74, 6) is 1.45. The predicted octanol–water partition coefficient (Wildman–Crippen LogP) is 0.0398. The van der Waals surface area contributed by atoms with Gasteiger partial charge in [-0.15, -0.1) is 5.10 Å². The second kappa shape index (κ2) is 4.03. The van der Waals surface area contributed by atoms with E-state index in [4.69, 9.17) is 0 Å². The highest BCUT2D eigenvalue weighted by Gasteiger charge is 2.51. The lowest BCUT2D eigenvalue weighted by molar-refractivity contribution is -0.117. The van der Waals surface area contributed by atoms with Gasteiger partial charge in [-0.3, -0.25) is 4.90 Å². The molecule has 17 heavy (non-hydrogen) atoms. The fraction of sp³-hybridized carbons (Fsp3) is 0.909. The number of nitrogens with zero attached hydrogens (tertiary/aromatic N) is 5. The summed E-state index contributed by atoms with van der Waals surface area (Å²) in [6, 6.07) is 0. The van der Waals surface area contributed by atoms with E-state index in [1.54, 1.807) is 0 Å².